The van der Waals surface area contributed by atoms with Crippen LogP contribution in [-0.2, 0) is 11.2 Å². The first-order chi connectivity index (χ1) is 10.7. The fourth-order valence-corrected chi connectivity index (χ4v) is 2.93. The summed E-state index contributed by atoms with van der Waals surface area (Å²) in [6.07, 6.45) is 10.6. The second-order valence-corrected chi connectivity index (χ2v) is 5.62. The van der Waals surface area contributed by atoms with Crippen molar-refractivity contribution in [2.45, 2.75) is 32.1 Å². The molecule has 6 heteroatoms. The van der Waals surface area contributed by atoms with Gasteiger partial charge in [-0.1, -0.05) is 0 Å². The van der Waals surface area contributed by atoms with Crippen molar-refractivity contribution >= 4 is 5.91 Å². The van der Waals surface area contributed by atoms with Crippen LogP contribution in [0.2, 0.25) is 0 Å². The smallest absolute Gasteiger partial charge is 0.228 e. The van der Waals surface area contributed by atoms with Gasteiger partial charge in [0.1, 0.15) is 6.33 Å². The van der Waals surface area contributed by atoms with E-state index in [1.54, 1.807) is 24.9 Å². The van der Waals surface area contributed by atoms with Crippen LogP contribution in [0.25, 0.3) is 0 Å². The molecule has 0 aromatic carbocycles. The molecule has 0 atom stereocenters. The van der Waals surface area contributed by atoms with E-state index >= 15 is 0 Å². The van der Waals surface area contributed by atoms with E-state index in [4.69, 9.17) is 0 Å². The highest BCUT2D eigenvalue weighted by atomic mass is 16.2. The number of piperidine rings is 1. The van der Waals surface area contributed by atoms with Crippen molar-refractivity contribution in [3.63, 3.8) is 0 Å². The third kappa shape index (κ3) is 3.27. The first-order valence-corrected chi connectivity index (χ1v) is 7.53. The molecule has 3 rings (SSSR count). The molecule has 0 radical (unpaired) electrons. The predicted molar refractivity (Wildman–Crippen MR) is 81.1 cm³/mol. The zero-order valence-electron chi connectivity index (χ0n) is 12.6. The van der Waals surface area contributed by atoms with Gasteiger partial charge in [0.25, 0.3) is 0 Å². The predicted octanol–water partition coefficient (Wildman–Crippen LogP) is 1.52. The van der Waals surface area contributed by atoms with Crippen LogP contribution in [0.15, 0.2) is 31.1 Å². The Morgan fingerprint density at radius 1 is 1.18 bits per heavy atom. The summed E-state index contributed by atoms with van der Waals surface area (Å²) in [5.74, 6) is 0.543. The maximum absolute atomic E-state index is 12.3. The molecule has 0 saturated carbocycles. The molecule has 0 N–H and O–H groups in total. The van der Waals surface area contributed by atoms with Crippen molar-refractivity contribution in [2.24, 2.45) is 0 Å². The fraction of sp³-hybridized carbons (Fsp3) is 0.438. The average Bonchev–Trinajstić information content (AvgIpc) is 2.56. The zero-order chi connectivity index (χ0) is 15.4. The third-order valence-corrected chi connectivity index (χ3v) is 4.12. The Kier molecular flexibility index (Phi) is 4.37. The van der Waals surface area contributed by atoms with Crippen molar-refractivity contribution in [3.8, 4) is 0 Å². The van der Waals surface area contributed by atoms with Crippen LogP contribution in [0, 0.1) is 6.92 Å². The number of aryl methyl sites for hydroxylation is 1. The molecule has 2 aromatic heterocycles. The Balaban J connectivity index is 1.58. The Hall–Kier alpha value is -2.37. The highest BCUT2D eigenvalue weighted by Gasteiger charge is 2.25. The lowest BCUT2D eigenvalue weighted by Crippen LogP contribution is -2.39. The summed E-state index contributed by atoms with van der Waals surface area (Å²) in [4.78, 5) is 30.8. The Morgan fingerprint density at radius 3 is 2.68 bits per heavy atom. The Bertz CT molecular complexity index is 638. The van der Waals surface area contributed by atoms with Crippen molar-refractivity contribution in [1.82, 2.24) is 24.8 Å². The first-order valence-electron chi connectivity index (χ1n) is 7.53. The standard InChI is InChI=1S/C16H19N5O/c1-12-9-18-11-20-16(12)13-2-6-21(7-3-13)15(22)8-14-10-17-4-5-19-14/h4-5,9-11,13H,2-3,6-8H2,1H3. The maximum atomic E-state index is 12.3. The summed E-state index contributed by atoms with van der Waals surface area (Å²) in [6.45, 7) is 3.58. The lowest BCUT2D eigenvalue weighted by molar-refractivity contribution is -0.131. The van der Waals surface area contributed by atoms with E-state index in [1.807, 2.05) is 18.0 Å². The molecule has 1 saturated heterocycles. The molecule has 114 valence electrons. The molecule has 6 nitrogen and oxygen atoms in total. The average molecular weight is 297 g/mol. The van der Waals surface area contributed by atoms with Gasteiger partial charge in [0.15, 0.2) is 0 Å². The Labute approximate surface area is 129 Å². The van der Waals surface area contributed by atoms with E-state index in [-0.39, 0.29) is 5.91 Å². The molecule has 0 aliphatic carbocycles. The van der Waals surface area contributed by atoms with Crippen LogP contribution in [0.3, 0.4) is 0 Å². The van der Waals surface area contributed by atoms with Crippen molar-refractivity contribution < 1.29 is 4.79 Å². The van der Waals surface area contributed by atoms with Gasteiger partial charge in [0, 0.05) is 49.5 Å². The van der Waals surface area contributed by atoms with E-state index < -0.39 is 0 Å². The monoisotopic (exact) mass is 297 g/mol. The molecular formula is C16H19N5O. The molecule has 2 aromatic rings. The molecule has 1 amide bonds. The van der Waals surface area contributed by atoms with Gasteiger partial charge in [-0.15, -0.1) is 0 Å². The van der Waals surface area contributed by atoms with Gasteiger partial charge in [0.2, 0.25) is 5.91 Å². The minimum absolute atomic E-state index is 0.123. The van der Waals surface area contributed by atoms with Crippen LogP contribution < -0.4 is 0 Å². The molecule has 1 aliphatic heterocycles. The number of carbonyl (C=O) groups is 1. The number of rotatable bonds is 3. The van der Waals surface area contributed by atoms with E-state index in [2.05, 4.69) is 19.9 Å². The van der Waals surface area contributed by atoms with Crippen LogP contribution in [0.4, 0.5) is 0 Å². The largest absolute Gasteiger partial charge is 0.342 e. The second kappa shape index (κ2) is 6.60. The summed E-state index contributed by atoms with van der Waals surface area (Å²) in [7, 11) is 0. The molecule has 0 unspecified atom stereocenters. The van der Waals surface area contributed by atoms with Gasteiger partial charge in [0.05, 0.1) is 12.1 Å². The number of hydrogen-bond donors (Lipinski definition) is 0. The minimum Gasteiger partial charge on any atom is -0.342 e. The van der Waals surface area contributed by atoms with Crippen LogP contribution in [0.5, 0.6) is 0 Å². The highest BCUT2D eigenvalue weighted by Crippen LogP contribution is 2.28. The number of amides is 1. The number of nitrogens with zero attached hydrogens (tertiary/aromatic N) is 5. The van der Waals surface area contributed by atoms with Crippen molar-refractivity contribution in [3.05, 3.63) is 48.1 Å². The van der Waals surface area contributed by atoms with Gasteiger partial charge in [-0.3, -0.25) is 14.8 Å². The quantitative estimate of drug-likeness (QED) is 0.859. The number of hydrogen-bond acceptors (Lipinski definition) is 5. The maximum Gasteiger partial charge on any atom is 0.228 e. The lowest BCUT2D eigenvalue weighted by Gasteiger charge is -2.32. The number of aromatic nitrogens is 4. The molecule has 1 aliphatic rings. The number of carbonyl (C=O) groups excluding carboxylic acids is 1. The fourth-order valence-electron chi connectivity index (χ4n) is 2.93. The van der Waals surface area contributed by atoms with E-state index in [0.29, 0.717) is 12.3 Å². The molecule has 22 heavy (non-hydrogen) atoms. The third-order valence-electron chi connectivity index (χ3n) is 4.12. The zero-order valence-corrected chi connectivity index (χ0v) is 12.6. The lowest BCUT2D eigenvalue weighted by atomic mass is 9.91. The molecule has 1 fully saturated rings. The van der Waals surface area contributed by atoms with Crippen molar-refractivity contribution in [2.75, 3.05) is 13.1 Å². The minimum atomic E-state index is 0.123. The molecule has 0 bridgehead atoms. The van der Waals surface area contributed by atoms with Gasteiger partial charge >= 0.3 is 0 Å². The first kappa shape index (κ1) is 14.6. The Morgan fingerprint density at radius 2 is 2.00 bits per heavy atom. The molecular weight excluding hydrogens is 278 g/mol. The summed E-state index contributed by atoms with van der Waals surface area (Å²) in [5, 5.41) is 0. The molecule has 3 heterocycles. The van der Waals surface area contributed by atoms with Crippen LogP contribution in [-0.4, -0.2) is 43.8 Å². The van der Waals surface area contributed by atoms with E-state index in [0.717, 1.165) is 42.9 Å². The van der Waals surface area contributed by atoms with E-state index in [9.17, 15) is 4.79 Å². The second-order valence-electron chi connectivity index (χ2n) is 5.62. The van der Waals surface area contributed by atoms with Gasteiger partial charge in [-0.2, -0.15) is 0 Å². The highest BCUT2D eigenvalue weighted by molar-refractivity contribution is 5.78. The van der Waals surface area contributed by atoms with Gasteiger partial charge in [-0.25, -0.2) is 9.97 Å². The normalized spacial score (nSPS) is 15.8. The van der Waals surface area contributed by atoms with Crippen molar-refractivity contribution in [1.29, 1.82) is 0 Å². The van der Waals surface area contributed by atoms with Crippen LogP contribution in [0.1, 0.15) is 35.7 Å². The van der Waals surface area contributed by atoms with Gasteiger partial charge in [-0.05, 0) is 25.3 Å². The number of likely N-dealkylation sites (tertiary alicyclic amines) is 1. The topological polar surface area (TPSA) is 71.9 Å². The van der Waals surface area contributed by atoms with Gasteiger partial charge < -0.3 is 4.90 Å². The van der Waals surface area contributed by atoms with Crippen LogP contribution >= 0.6 is 0 Å². The molecule has 0 spiro atoms. The summed E-state index contributed by atoms with van der Waals surface area (Å²) in [5.41, 5.74) is 2.98. The summed E-state index contributed by atoms with van der Waals surface area (Å²) < 4.78 is 0. The summed E-state index contributed by atoms with van der Waals surface area (Å²) in [6, 6.07) is 0. The summed E-state index contributed by atoms with van der Waals surface area (Å²) >= 11 is 0. The van der Waals surface area contributed by atoms with E-state index in [1.165, 1.54) is 0 Å². The SMILES string of the molecule is Cc1cncnc1C1CCN(C(=O)Cc2cnccn2)CC1.